The second-order valence-electron chi connectivity index (χ2n) is 17.3. The molecule has 0 saturated heterocycles. The maximum absolute atomic E-state index is 5.40. The fourth-order valence-electron chi connectivity index (χ4n) is 10.8. The van der Waals surface area contributed by atoms with Crippen LogP contribution in [0.4, 0.5) is 0 Å². The Labute approximate surface area is 377 Å². The van der Waals surface area contributed by atoms with Crippen molar-refractivity contribution >= 4 is 37.2 Å². The molecule has 0 saturated carbocycles. The van der Waals surface area contributed by atoms with Crippen LogP contribution in [-0.2, 0) is 17.4 Å². The van der Waals surface area contributed by atoms with Crippen molar-refractivity contribution in [1.82, 2.24) is 0 Å². The van der Waals surface area contributed by atoms with E-state index < -0.39 is 11.0 Å². The lowest BCUT2D eigenvalue weighted by atomic mass is 9.57. The molecule has 64 heavy (non-hydrogen) atoms. The van der Waals surface area contributed by atoms with E-state index in [1.807, 2.05) is 11.3 Å². The Hall–Kier alpha value is -7.53. The number of rotatable bonds is 7. The van der Waals surface area contributed by atoms with Crippen LogP contribution >= 0.6 is 11.3 Å². The zero-order valence-electron chi connectivity index (χ0n) is 35.7. The molecule has 2 atom stereocenters. The Balaban J connectivity index is 1.21. The molecule has 1 aliphatic carbocycles. The third-order valence-corrected chi connectivity index (χ3v) is 15.2. The van der Waals surface area contributed by atoms with Crippen LogP contribution in [0.15, 0.2) is 228 Å². The predicted molar refractivity (Wildman–Crippen MR) is 268 cm³/mol. The number of hydrogen-bond acceptors (Lipinski definition) is 4. The molecular weight excluding hydrogens is 795 g/mol. The number of hydrogen-bond donors (Lipinski definition) is 0. The average molecular weight is 838 g/mol. The molecule has 3 nitrogen and oxygen atoms in total. The van der Waals surface area contributed by atoms with Crippen molar-refractivity contribution in [2.45, 2.75) is 31.2 Å². The van der Waals surface area contributed by atoms with E-state index in [9.17, 15) is 0 Å². The van der Waals surface area contributed by atoms with Gasteiger partial charge in [0.2, 0.25) is 0 Å². The van der Waals surface area contributed by atoms with Crippen molar-refractivity contribution in [2.24, 2.45) is 15.4 Å². The van der Waals surface area contributed by atoms with Crippen molar-refractivity contribution < 1.29 is 0 Å². The van der Waals surface area contributed by atoms with Crippen LogP contribution in [0.3, 0.4) is 0 Å². The van der Waals surface area contributed by atoms with E-state index >= 15 is 0 Å². The van der Waals surface area contributed by atoms with Gasteiger partial charge in [0.05, 0.1) is 11.1 Å². The number of thiophene rings is 1. The van der Waals surface area contributed by atoms with Gasteiger partial charge in [-0.25, -0.2) is 0 Å². The van der Waals surface area contributed by atoms with Gasteiger partial charge in [-0.1, -0.05) is 200 Å². The SMILES string of the molecule is CC1(c2cccc3c2Cc2ccccc2-3)N=NN=C(c2c(-c3ccccc3-c3ccccc3)cccc2-c2cccc3sc4ccccc4c23)C1(C)c1ccccc1-c1ccccc1. The Morgan fingerprint density at radius 1 is 0.422 bits per heavy atom. The Bertz CT molecular complexity index is 3510. The highest BCUT2D eigenvalue weighted by molar-refractivity contribution is 7.25. The molecule has 0 N–H and O–H groups in total. The Kier molecular flexibility index (Phi) is 8.99. The number of fused-ring (bicyclic) bond motifs is 6. The summed E-state index contributed by atoms with van der Waals surface area (Å²) >= 11 is 1.85. The van der Waals surface area contributed by atoms with Gasteiger partial charge < -0.3 is 0 Å². The largest absolute Gasteiger partial charge is 0.156 e. The summed E-state index contributed by atoms with van der Waals surface area (Å²) in [7, 11) is 0. The lowest BCUT2D eigenvalue weighted by Gasteiger charge is -2.47. The van der Waals surface area contributed by atoms with Crippen molar-refractivity contribution in [3.05, 3.63) is 240 Å². The van der Waals surface area contributed by atoms with Crippen LogP contribution in [0.1, 0.15) is 41.7 Å². The third kappa shape index (κ3) is 5.76. The first-order valence-corrected chi connectivity index (χ1v) is 22.9. The molecule has 0 fully saturated rings. The van der Waals surface area contributed by atoms with E-state index in [-0.39, 0.29) is 0 Å². The van der Waals surface area contributed by atoms with Gasteiger partial charge in [0.25, 0.3) is 0 Å². The first kappa shape index (κ1) is 38.2. The second-order valence-corrected chi connectivity index (χ2v) is 18.4. The van der Waals surface area contributed by atoms with Crippen molar-refractivity contribution in [3.63, 3.8) is 0 Å². The minimum atomic E-state index is -0.910. The summed E-state index contributed by atoms with van der Waals surface area (Å²) in [4.78, 5) is 0. The summed E-state index contributed by atoms with van der Waals surface area (Å²) in [6.07, 6.45) is 0.829. The lowest BCUT2D eigenvalue weighted by molar-refractivity contribution is 0.317. The summed E-state index contributed by atoms with van der Waals surface area (Å²) < 4.78 is 2.53. The fraction of sp³-hybridized carbons (Fsp3) is 0.0833. The van der Waals surface area contributed by atoms with Crippen LogP contribution in [-0.4, -0.2) is 5.71 Å². The molecule has 1 aliphatic heterocycles. The zero-order valence-corrected chi connectivity index (χ0v) is 36.5. The Morgan fingerprint density at radius 2 is 0.953 bits per heavy atom. The first-order valence-electron chi connectivity index (χ1n) is 22.1. The number of benzene rings is 9. The van der Waals surface area contributed by atoms with Crippen LogP contribution in [0.25, 0.3) is 75.8 Å². The molecule has 304 valence electrons. The highest BCUT2D eigenvalue weighted by Gasteiger charge is 2.56. The molecular formula is C60H43N3S. The van der Waals surface area contributed by atoms with Gasteiger partial charge >= 0.3 is 0 Å². The predicted octanol–water partition coefficient (Wildman–Crippen LogP) is 16.3. The molecule has 10 aromatic rings. The molecule has 2 unspecified atom stereocenters. The molecule has 12 rings (SSSR count). The minimum absolute atomic E-state index is 0.829. The highest BCUT2D eigenvalue weighted by Crippen LogP contribution is 2.57. The maximum atomic E-state index is 5.40. The Morgan fingerprint density at radius 3 is 1.75 bits per heavy atom. The van der Waals surface area contributed by atoms with Crippen LogP contribution in [0.2, 0.25) is 0 Å². The third-order valence-electron chi connectivity index (χ3n) is 14.1. The summed E-state index contributed by atoms with van der Waals surface area (Å²) in [6.45, 7) is 4.69. The molecule has 1 aromatic heterocycles. The molecule has 2 heterocycles. The highest BCUT2D eigenvalue weighted by atomic mass is 32.1. The molecule has 0 radical (unpaired) electrons. The summed E-state index contributed by atoms with van der Waals surface area (Å²) in [6, 6.07) is 77.3. The molecule has 2 aliphatic rings. The second kappa shape index (κ2) is 15.1. The van der Waals surface area contributed by atoms with Gasteiger partial charge in [-0.2, -0.15) is 5.11 Å². The monoisotopic (exact) mass is 837 g/mol. The van der Waals surface area contributed by atoms with Crippen molar-refractivity contribution in [3.8, 4) is 55.6 Å². The van der Waals surface area contributed by atoms with Crippen molar-refractivity contribution in [2.75, 3.05) is 0 Å². The fourth-order valence-corrected chi connectivity index (χ4v) is 12.0. The van der Waals surface area contributed by atoms with Crippen molar-refractivity contribution in [1.29, 1.82) is 0 Å². The van der Waals surface area contributed by atoms with Crippen LogP contribution < -0.4 is 0 Å². The van der Waals surface area contributed by atoms with Gasteiger partial charge in [-0.05, 0) is 116 Å². The minimum Gasteiger partial charge on any atom is -0.156 e. The van der Waals surface area contributed by atoms with E-state index in [4.69, 9.17) is 15.4 Å². The van der Waals surface area contributed by atoms with Crippen LogP contribution in [0, 0.1) is 0 Å². The lowest BCUT2D eigenvalue weighted by Crippen LogP contribution is -2.52. The summed E-state index contributed by atoms with van der Waals surface area (Å²) in [5.41, 5.74) is 16.8. The van der Waals surface area contributed by atoms with E-state index in [0.29, 0.717) is 0 Å². The molecule has 0 spiro atoms. The van der Waals surface area contributed by atoms with Gasteiger partial charge in [0, 0.05) is 25.7 Å². The van der Waals surface area contributed by atoms with Gasteiger partial charge in [-0.15, -0.1) is 16.4 Å². The summed E-state index contributed by atoms with van der Waals surface area (Å²) in [5.74, 6) is 0. The summed E-state index contributed by atoms with van der Waals surface area (Å²) in [5, 5.41) is 18.2. The maximum Gasteiger partial charge on any atom is 0.121 e. The van der Waals surface area contributed by atoms with E-state index in [2.05, 4.69) is 226 Å². The van der Waals surface area contributed by atoms with E-state index in [1.165, 1.54) is 48.0 Å². The molecule has 4 heteroatoms. The molecule has 0 bridgehead atoms. The van der Waals surface area contributed by atoms with Gasteiger partial charge in [0.15, 0.2) is 0 Å². The topological polar surface area (TPSA) is 37.1 Å². The molecule has 0 amide bonds. The first-order chi connectivity index (χ1) is 31.5. The average Bonchev–Trinajstić information content (AvgIpc) is 3.94. The molecule has 9 aromatic carbocycles. The normalized spacial score (nSPS) is 17.6. The van der Waals surface area contributed by atoms with E-state index in [1.54, 1.807) is 0 Å². The van der Waals surface area contributed by atoms with Gasteiger partial charge in [0.1, 0.15) is 5.54 Å². The number of nitrogens with zero attached hydrogens (tertiary/aromatic N) is 3. The zero-order chi connectivity index (χ0) is 42.8. The smallest absolute Gasteiger partial charge is 0.121 e. The van der Waals surface area contributed by atoms with Crippen LogP contribution in [0.5, 0.6) is 0 Å². The quantitative estimate of drug-likeness (QED) is 0.153. The standard InChI is InChI=1S/C60H43N3S/c1-59(52-34-15-13-27-44(52)40-22-7-4-8-23-40)58(61-63-62-60(59,2)53-35-18-30-46-43-26-10-9-24-41(43)38-51(46)53)57-47(45-28-12-11-25-42(45)39-20-5-3-6-21-39)31-17-32-49(57)48-33-19-37-55-56(48)50-29-14-16-36-54(50)64-55/h3-37H,38H2,1-2H3. The van der Waals surface area contributed by atoms with E-state index in [0.717, 1.165) is 67.8 Å². The van der Waals surface area contributed by atoms with Gasteiger partial charge in [-0.3, -0.25) is 0 Å².